The Labute approximate surface area is 206 Å². The lowest BCUT2D eigenvalue weighted by atomic mass is 9.87. The van der Waals surface area contributed by atoms with E-state index in [2.05, 4.69) is 19.2 Å². The molecule has 3 rings (SSSR count). The Morgan fingerprint density at radius 1 is 1.06 bits per heavy atom. The van der Waals surface area contributed by atoms with Gasteiger partial charge in [0.05, 0.1) is 27.2 Å². The Balaban J connectivity index is 1.94. The summed E-state index contributed by atoms with van der Waals surface area (Å²) in [7, 11) is 4.66. The molecule has 1 aliphatic rings. The van der Waals surface area contributed by atoms with Gasteiger partial charge < -0.3 is 24.4 Å². The highest BCUT2D eigenvalue weighted by Crippen LogP contribution is 2.43. The zero-order chi connectivity index (χ0) is 24.8. The minimum Gasteiger partial charge on any atom is -0.493 e. The van der Waals surface area contributed by atoms with Gasteiger partial charge >= 0.3 is 0 Å². The smallest absolute Gasteiger partial charge is 0.253 e. The first-order valence-corrected chi connectivity index (χ1v) is 11.8. The van der Waals surface area contributed by atoms with Gasteiger partial charge in [0.1, 0.15) is 0 Å². The Bertz CT molecular complexity index is 1000. The summed E-state index contributed by atoms with van der Waals surface area (Å²) < 4.78 is 16.5. The first kappa shape index (κ1) is 25.7. The largest absolute Gasteiger partial charge is 0.493 e. The van der Waals surface area contributed by atoms with Gasteiger partial charge in [-0.1, -0.05) is 31.5 Å². The van der Waals surface area contributed by atoms with Gasteiger partial charge in [-0.05, 0) is 48.2 Å². The molecule has 2 amide bonds. The predicted octanol–water partition coefficient (Wildman–Crippen LogP) is 4.38. The second-order valence-electron chi connectivity index (χ2n) is 8.87. The van der Waals surface area contributed by atoms with E-state index in [1.165, 1.54) is 0 Å². The van der Waals surface area contributed by atoms with Crippen molar-refractivity contribution in [1.29, 1.82) is 0 Å². The Morgan fingerprint density at radius 2 is 1.74 bits per heavy atom. The van der Waals surface area contributed by atoms with E-state index in [0.717, 1.165) is 12.0 Å². The molecule has 8 heteroatoms. The van der Waals surface area contributed by atoms with Crippen molar-refractivity contribution in [3.05, 3.63) is 52.5 Å². The highest BCUT2D eigenvalue weighted by atomic mass is 35.5. The summed E-state index contributed by atoms with van der Waals surface area (Å²) in [5.74, 6) is 1.10. The van der Waals surface area contributed by atoms with Crippen molar-refractivity contribution in [1.82, 2.24) is 10.2 Å². The van der Waals surface area contributed by atoms with Crippen LogP contribution in [0.5, 0.6) is 17.2 Å². The van der Waals surface area contributed by atoms with Crippen LogP contribution in [0, 0.1) is 11.8 Å². The van der Waals surface area contributed by atoms with Crippen LogP contribution in [0.1, 0.15) is 42.1 Å². The third-order valence-corrected chi connectivity index (χ3v) is 6.39. The molecule has 1 fully saturated rings. The van der Waals surface area contributed by atoms with Gasteiger partial charge in [-0.15, -0.1) is 0 Å². The van der Waals surface area contributed by atoms with E-state index in [-0.39, 0.29) is 17.7 Å². The maximum atomic E-state index is 13.3. The van der Waals surface area contributed by atoms with E-state index < -0.39 is 5.92 Å². The molecule has 0 saturated carbocycles. The second kappa shape index (κ2) is 11.5. The molecule has 1 aliphatic heterocycles. The molecule has 2 atom stereocenters. The van der Waals surface area contributed by atoms with E-state index in [1.54, 1.807) is 50.5 Å². The number of methoxy groups -OCH3 is 3. The number of hydrogen-bond donors (Lipinski definition) is 1. The van der Waals surface area contributed by atoms with Crippen LogP contribution < -0.4 is 19.5 Å². The summed E-state index contributed by atoms with van der Waals surface area (Å²) in [4.78, 5) is 28.2. The number of likely N-dealkylation sites (tertiary alicyclic amines) is 1. The SMILES string of the molecule is COc1cc(C2CN(C(=O)c3cccc(Cl)c3)CC2C(=O)NCCC(C)C)cc(OC)c1OC. The number of amides is 2. The number of carbonyl (C=O) groups is 2. The first-order valence-electron chi connectivity index (χ1n) is 11.4. The summed E-state index contributed by atoms with van der Waals surface area (Å²) in [6, 6.07) is 10.6. The molecule has 2 aromatic rings. The molecule has 0 bridgehead atoms. The van der Waals surface area contributed by atoms with Crippen LogP contribution in [0.4, 0.5) is 0 Å². The topological polar surface area (TPSA) is 77.1 Å². The van der Waals surface area contributed by atoms with Crippen LogP contribution >= 0.6 is 11.6 Å². The van der Waals surface area contributed by atoms with Crippen molar-refractivity contribution in [2.75, 3.05) is 41.0 Å². The van der Waals surface area contributed by atoms with Crippen LogP contribution in [-0.2, 0) is 4.79 Å². The van der Waals surface area contributed by atoms with Crippen molar-refractivity contribution in [3.8, 4) is 17.2 Å². The number of carbonyl (C=O) groups excluding carboxylic acids is 2. The molecule has 1 heterocycles. The van der Waals surface area contributed by atoms with Crippen LogP contribution in [0.2, 0.25) is 5.02 Å². The average molecular weight is 489 g/mol. The molecular formula is C26H33ClN2O5. The zero-order valence-electron chi connectivity index (χ0n) is 20.4. The quantitative estimate of drug-likeness (QED) is 0.566. The van der Waals surface area contributed by atoms with Crippen LogP contribution in [-0.4, -0.2) is 57.7 Å². The monoisotopic (exact) mass is 488 g/mol. The van der Waals surface area contributed by atoms with Crippen molar-refractivity contribution < 1.29 is 23.8 Å². The number of hydrogen-bond acceptors (Lipinski definition) is 5. The molecule has 1 saturated heterocycles. The molecule has 7 nitrogen and oxygen atoms in total. The van der Waals surface area contributed by atoms with E-state index >= 15 is 0 Å². The van der Waals surface area contributed by atoms with Crippen molar-refractivity contribution in [2.24, 2.45) is 11.8 Å². The van der Waals surface area contributed by atoms with Crippen molar-refractivity contribution in [2.45, 2.75) is 26.2 Å². The molecule has 184 valence electrons. The van der Waals surface area contributed by atoms with Crippen LogP contribution in [0.3, 0.4) is 0 Å². The number of halogens is 1. The molecule has 0 aromatic heterocycles. The van der Waals surface area contributed by atoms with Gasteiger partial charge in [0.15, 0.2) is 11.5 Å². The molecule has 2 aromatic carbocycles. The van der Waals surface area contributed by atoms with E-state index in [4.69, 9.17) is 25.8 Å². The van der Waals surface area contributed by atoms with Crippen LogP contribution in [0.15, 0.2) is 36.4 Å². The number of nitrogens with one attached hydrogen (secondary N) is 1. The summed E-state index contributed by atoms with van der Waals surface area (Å²) >= 11 is 6.10. The highest BCUT2D eigenvalue weighted by molar-refractivity contribution is 6.30. The van der Waals surface area contributed by atoms with E-state index in [0.29, 0.717) is 53.4 Å². The Kier molecular flexibility index (Phi) is 8.67. The summed E-state index contributed by atoms with van der Waals surface area (Å²) in [5.41, 5.74) is 1.34. The van der Waals surface area contributed by atoms with Crippen LogP contribution in [0.25, 0.3) is 0 Å². The Morgan fingerprint density at radius 3 is 2.29 bits per heavy atom. The highest BCUT2D eigenvalue weighted by Gasteiger charge is 2.41. The molecule has 0 spiro atoms. The van der Waals surface area contributed by atoms with E-state index in [1.807, 2.05) is 12.1 Å². The third kappa shape index (κ3) is 5.76. The van der Waals surface area contributed by atoms with E-state index in [9.17, 15) is 9.59 Å². The number of ether oxygens (including phenoxy) is 3. The number of rotatable bonds is 9. The minimum absolute atomic E-state index is 0.0687. The minimum atomic E-state index is -0.418. The molecule has 2 unspecified atom stereocenters. The van der Waals surface area contributed by atoms with Gasteiger partial charge in [-0.2, -0.15) is 0 Å². The number of benzene rings is 2. The fourth-order valence-electron chi connectivity index (χ4n) is 4.31. The standard InChI is InChI=1S/C26H33ClN2O5/c1-16(2)9-10-28-25(30)21-15-29(26(31)17-7-6-8-19(27)11-17)14-20(21)18-12-22(32-3)24(34-5)23(13-18)33-4/h6-8,11-13,16,20-21H,9-10,14-15H2,1-5H3,(H,28,30). The summed E-state index contributed by atoms with van der Waals surface area (Å²) in [5, 5.41) is 3.55. The second-order valence-corrected chi connectivity index (χ2v) is 9.30. The third-order valence-electron chi connectivity index (χ3n) is 6.15. The summed E-state index contributed by atoms with van der Waals surface area (Å²) in [6.07, 6.45) is 0.887. The van der Waals surface area contributed by atoms with Crippen molar-refractivity contribution in [3.63, 3.8) is 0 Å². The summed E-state index contributed by atoms with van der Waals surface area (Å²) in [6.45, 7) is 5.52. The molecule has 1 N–H and O–H groups in total. The molecule has 34 heavy (non-hydrogen) atoms. The van der Waals surface area contributed by atoms with Gasteiger partial charge in [0, 0.05) is 36.1 Å². The molecule has 0 radical (unpaired) electrons. The molecule has 0 aliphatic carbocycles. The van der Waals surface area contributed by atoms with Gasteiger partial charge in [-0.25, -0.2) is 0 Å². The lowest BCUT2D eigenvalue weighted by Gasteiger charge is -2.21. The Hall–Kier alpha value is -2.93. The predicted molar refractivity (Wildman–Crippen MR) is 132 cm³/mol. The zero-order valence-corrected chi connectivity index (χ0v) is 21.1. The van der Waals surface area contributed by atoms with Gasteiger partial charge in [0.25, 0.3) is 5.91 Å². The number of nitrogens with zero attached hydrogens (tertiary/aromatic N) is 1. The molecular weight excluding hydrogens is 456 g/mol. The average Bonchev–Trinajstić information content (AvgIpc) is 3.28. The lowest BCUT2D eigenvalue weighted by molar-refractivity contribution is -0.124. The first-order chi connectivity index (χ1) is 16.3. The lowest BCUT2D eigenvalue weighted by Crippen LogP contribution is -2.36. The fourth-order valence-corrected chi connectivity index (χ4v) is 4.50. The normalized spacial score (nSPS) is 17.6. The van der Waals surface area contributed by atoms with Gasteiger partial charge in [-0.3, -0.25) is 9.59 Å². The maximum Gasteiger partial charge on any atom is 0.253 e. The van der Waals surface area contributed by atoms with Gasteiger partial charge in [0.2, 0.25) is 11.7 Å². The van der Waals surface area contributed by atoms with Crippen molar-refractivity contribution >= 4 is 23.4 Å². The fraction of sp³-hybridized carbons (Fsp3) is 0.462. The maximum absolute atomic E-state index is 13.3.